The SMILES string of the molecule is NCc1cccc(-c2csc3cc(C(=O)Nc4ccc5c(c4)CNC5)ccc23)c1. The van der Waals surface area contributed by atoms with Crippen LogP contribution in [-0.2, 0) is 19.6 Å². The number of anilines is 1. The third-order valence-electron chi connectivity index (χ3n) is 5.41. The van der Waals surface area contributed by atoms with Gasteiger partial charge >= 0.3 is 0 Å². The molecule has 4 N–H and O–H groups in total. The summed E-state index contributed by atoms with van der Waals surface area (Å²) in [6, 6.07) is 20.3. The summed E-state index contributed by atoms with van der Waals surface area (Å²) in [5.41, 5.74) is 13.3. The van der Waals surface area contributed by atoms with Crippen LogP contribution in [0.5, 0.6) is 0 Å². The van der Waals surface area contributed by atoms with Crippen LogP contribution in [0.1, 0.15) is 27.0 Å². The van der Waals surface area contributed by atoms with Gasteiger partial charge in [0.15, 0.2) is 0 Å². The Hall–Kier alpha value is -2.99. The van der Waals surface area contributed by atoms with Gasteiger partial charge in [-0.2, -0.15) is 0 Å². The molecule has 0 spiro atoms. The number of carbonyl (C=O) groups excluding carboxylic acids is 1. The minimum Gasteiger partial charge on any atom is -0.326 e. The molecule has 0 atom stereocenters. The molecule has 0 radical (unpaired) electrons. The average molecular weight is 400 g/mol. The van der Waals surface area contributed by atoms with Gasteiger partial charge in [-0.3, -0.25) is 4.79 Å². The first-order chi connectivity index (χ1) is 14.2. The molecule has 1 aromatic heterocycles. The summed E-state index contributed by atoms with van der Waals surface area (Å²) in [4.78, 5) is 12.8. The summed E-state index contributed by atoms with van der Waals surface area (Å²) < 4.78 is 1.10. The van der Waals surface area contributed by atoms with Gasteiger partial charge in [0.05, 0.1) is 0 Å². The number of hydrogen-bond acceptors (Lipinski definition) is 4. The first-order valence-electron chi connectivity index (χ1n) is 9.66. The molecule has 0 saturated carbocycles. The minimum atomic E-state index is -0.0853. The summed E-state index contributed by atoms with van der Waals surface area (Å²) in [6.07, 6.45) is 0. The Morgan fingerprint density at radius 1 is 1.03 bits per heavy atom. The van der Waals surface area contributed by atoms with Gasteiger partial charge in [0.25, 0.3) is 5.91 Å². The topological polar surface area (TPSA) is 67.2 Å². The number of hydrogen-bond donors (Lipinski definition) is 3. The van der Waals surface area contributed by atoms with Crippen LogP contribution in [0.3, 0.4) is 0 Å². The number of nitrogens with two attached hydrogens (primary N) is 1. The van der Waals surface area contributed by atoms with E-state index in [0.717, 1.165) is 40.0 Å². The lowest BCUT2D eigenvalue weighted by molar-refractivity contribution is 0.102. The van der Waals surface area contributed by atoms with E-state index < -0.39 is 0 Å². The maximum Gasteiger partial charge on any atom is 0.255 e. The smallest absolute Gasteiger partial charge is 0.255 e. The molecule has 4 aromatic rings. The van der Waals surface area contributed by atoms with E-state index >= 15 is 0 Å². The first-order valence-corrected chi connectivity index (χ1v) is 10.5. The summed E-state index contributed by atoms with van der Waals surface area (Å²) in [7, 11) is 0. The standard InChI is InChI=1S/C24H21N3OS/c25-11-15-2-1-3-16(8-15)22-14-29-23-10-17(5-7-21(22)23)24(28)27-20-6-4-18-12-26-13-19(18)9-20/h1-10,14,26H,11-13,25H2,(H,27,28). The van der Waals surface area contributed by atoms with Crippen LogP contribution in [0.15, 0.2) is 66.0 Å². The monoisotopic (exact) mass is 399 g/mol. The van der Waals surface area contributed by atoms with Crippen molar-refractivity contribution in [3.8, 4) is 11.1 Å². The second-order valence-electron chi connectivity index (χ2n) is 7.31. The lowest BCUT2D eigenvalue weighted by Crippen LogP contribution is -2.11. The molecule has 4 nitrogen and oxygen atoms in total. The maximum atomic E-state index is 12.8. The Kier molecular flexibility index (Phi) is 4.64. The van der Waals surface area contributed by atoms with Gasteiger partial charge in [-0.1, -0.05) is 30.3 Å². The van der Waals surface area contributed by atoms with E-state index in [4.69, 9.17) is 5.73 Å². The second kappa shape index (κ2) is 7.44. The Morgan fingerprint density at radius 3 is 2.83 bits per heavy atom. The number of rotatable bonds is 4. The van der Waals surface area contributed by atoms with Crippen molar-refractivity contribution < 1.29 is 4.79 Å². The Bertz CT molecular complexity index is 1230. The lowest BCUT2D eigenvalue weighted by Gasteiger charge is -2.08. The highest BCUT2D eigenvalue weighted by molar-refractivity contribution is 7.17. The molecular formula is C24H21N3OS. The van der Waals surface area contributed by atoms with Crippen LogP contribution in [0.4, 0.5) is 5.69 Å². The summed E-state index contributed by atoms with van der Waals surface area (Å²) in [5.74, 6) is -0.0853. The van der Waals surface area contributed by atoms with Gasteiger partial charge in [-0.25, -0.2) is 0 Å². The highest BCUT2D eigenvalue weighted by atomic mass is 32.1. The number of thiophene rings is 1. The fraction of sp³-hybridized carbons (Fsp3) is 0.125. The summed E-state index contributed by atoms with van der Waals surface area (Å²) in [6.45, 7) is 2.28. The van der Waals surface area contributed by atoms with E-state index in [2.05, 4.69) is 40.3 Å². The molecule has 0 aliphatic carbocycles. The molecule has 29 heavy (non-hydrogen) atoms. The van der Waals surface area contributed by atoms with Gasteiger partial charge in [-0.05, 0) is 58.0 Å². The zero-order valence-corrected chi connectivity index (χ0v) is 16.7. The van der Waals surface area contributed by atoms with E-state index in [-0.39, 0.29) is 5.91 Å². The van der Waals surface area contributed by atoms with Crippen molar-refractivity contribution in [3.05, 3.63) is 88.3 Å². The Morgan fingerprint density at radius 2 is 1.93 bits per heavy atom. The van der Waals surface area contributed by atoms with Gasteiger partial charge in [0, 0.05) is 46.5 Å². The quantitative estimate of drug-likeness (QED) is 0.458. The fourth-order valence-electron chi connectivity index (χ4n) is 3.83. The summed E-state index contributed by atoms with van der Waals surface area (Å²) in [5, 5.41) is 9.66. The number of amides is 1. The van der Waals surface area contributed by atoms with Crippen molar-refractivity contribution in [1.29, 1.82) is 0 Å². The number of nitrogens with one attached hydrogen (secondary N) is 2. The molecule has 0 unspecified atom stereocenters. The van der Waals surface area contributed by atoms with Crippen LogP contribution in [0.25, 0.3) is 21.2 Å². The van der Waals surface area contributed by atoms with Crippen molar-refractivity contribution >= 4 is 33.0 Å². The minimum absolute atomic E-state index is 0.0853. The van der Waals surface area contributed by atoms with Crippen molar-refractivity contribution in [1.82, 2.24) is 5.32 Å². The van der Waals surface area contributed by atoms with Crippen LogP contribution in [0, 0.1) is 0 Å². The predicted molar refractivity (Wildman–Crippen MR) is 120 cm³/mol. The zero-order valence-electron chi connectivity index (χ0n) is 15.9. The molecule has 0 saturated heterocycles. The normalized spacial score (nSPS) is 12.9. The average Bonchev–Trinajstić information content (AvgIpc) is 3.39. The largest absolute Gasteiger partial charge is 0.326 e. The highest BCUT2D eigenvalue weighted by Gasteiger charge is 2.14. The Labute approximate surface area is 173 Å². The van der Waals surface area contributed by atoms with Crippen molar-refractivity contribution in [3.63, 3.8) is 0 Å². The number of carbonyl (C=O) groups is 1. The first kappa shape index (κ1) is 18.1. The third-order valence-corrected chi connectivity index (χ3v) is 6.35. The molecule has 1 amide bonds. The highest BCUT2D eigenvalue weighted by Crippen LogP contribution is 2.35. The molecule has 0 bridgehead atoms. The molecule has 3 aromatic carbocycles. The molecule has 5 rings (SSSR count). The molecule has 5 heteroatoms. The molecule has 2 heterocycles. The van der Waals surface area contributed by atoms with Crippen LogP contribution < -0.4 is 16.4 Å². The van der Waals surface area contributed by atoms with Crippen LogP contribution in [-0.4, -0.2) is 5.91 Å². The second-order valence-corrected chi connectivity index (χ2v) is 8.22. The molecule has 1 aliphatic rings. The van der Waals surface area contributed by atoms with Crippen molar-refractivity contribution in [2.24, 2.45) is 5.73 Å². The fourth-order valence-corrected chi connectivity index (χ4v) is 4.84. The van der Waals surface area contributed by atoms with Gasteiger partial charge in [0.2, 0.25) is 0 Å². The molecule has 144 valence electrons. The van der Waals surface area contributed by atoms with E-state index in [9.17, 15) is 4.79 Å². The number of fused-ring (bicyclic) bond motifs is 2. The van der Waals surface area contributed by atoms with E-state index in [1.54, 1.807) is 11.3 Å². The van der Waals surface area contributed by atoms with E-state index in [1.165, 1.54) is 16.7 Å². The molecule has 0 fully saturated rings. The number of benzene rings is 3. The molecular weight excluding hydrogens is 378 g/mol. The summed E-state index contributed by atoms with van der Waals surface area (Å²) >= 11 is 1.66. The van der Waals surface area contributed by atoms with E-state index in [1.807, 2.05) is 36.4 Å². The third kappa shape index (κ3) is 3.44. The maximum absolute atomic E-state index is 12.8. The van der Waals surface area contributed by atoms with Crippen molar-refractivity contribution in [2.45, 2.75) is 19.6 Å². The van der Waals surface area contributed by atoms with Gasteiger partial charge in [0.1, 0.15) is 0 Å². The van der Waals surface area contributed by atoms with Gasteiger partial charge < -0.3 is 16.4 Å². The van der Waals surface area contributed by atoms with E-state index in [0.29, 0.717) is 12.1 Å². The van der Waals surface area contributed by atoms with Crippen LogP contribution >= 0.6 is 11.3 Å². The lowest BCUT2D eigenvalue weighted by atomic mass is 10.0. The zero-order chi connectivity index (χ0) is 19.8. The van der Waals surface area contributed by atoms with Gasteiger partial charge in [-0.15, -0.1) is 11.3 Å². The van der Waals surface area contributed by atoms with Crippen molar-refractivity contribution in [2.75, 3.05) is 5.32 Å². The predicted octanol–water partition coefficient (Wildman–Crippen LogP) is 4.88. The Balaban J connectivity index is 1.42. The molecule has 1 aliphatic heterocycles. The van der Waals surface area contributed by atoms with Crippen LogP contribution in [0.2, 0.25) is 0 Å².